The third-order valence-electron chi connectivity index (χ3n) is 2.92. The summed E-state index contributed by atoms with van der Waals surface area (Å²) in [6.45, 7) is 1.29. The summed E-state index contributed by atoms with van der Waals surface area (Å²) in [5.41, 5.74) is 1.57. The summed E-state index contributed by atoms with van der Waals surface area (Å²) < 4.78 is 0. The molecule has 0 spiro atoms. The molecular formula is C12H13N3O2. The smallest absolute Gasteiger partial charge is 0.277 e. The minimum Gasteiger partial charge on any atom is -0.278 e. The number of nitrogens with one attached hydrogen (secondary N) is 1. The fourth-order valence-electron chi connectivity index (χ4n) is 1.98. The summed E-state index contributed by atoms with van der Waals surface area (Å²) in [7, 11) is 0. The van der Waals surface area contributed by atoms with Crippen molar-refractivity contribution in [2.45, 2.75) is 12.8 Å². The van der Waals surface area contributed by atoms with Gasteiger partial charge in [-0.1, -0.05) is 0 Å². The number of aromatic nitrogens is 2. The van der Waals surface area contributed by atoms with Crippen molar-refractivity contribution in [1.82, 2.24) is 15.3 Å². The van der Waals surface area contributed by atoms with Gasteiger partial charge in [0.15, 0.2) is 0 Å². The zero-order chi connectivity index (χ0) is 11.7. The van der Waals surface area contributed by atoms with E-state index >= 15 is 0 Å². The summed E-state index contributed by atoms with van der Waals surface area (Å²) in [4.78, 5) is 17.5. The van der Waals surface area contributed by atoms with Gasteiger partial charge in [-0.2, -0.15) is 5.10 Å². The number of nitrogens with zero attached hydrogens (tertiary/aromatic N) is 2. The summed E-state index contributed by atoms with van der Waals surface area (Å²) in [5.74, 6) is -0.0761. The average molecular weight is 231 g/mol. The van der Waals surface area contributed by atoms with Gasteiger partial charge in [0.1, 0.15) is 0 Å². The zero-order valence-corrected chi connectivity index (χ0v) is 9.35. The molecule has 1 N–H and O–H groups in total. The number of aromatic amines is 1. The number of amides is 1. The lowest BCUT2D eigenvalue weighted by molar-refractivity contribution is -0.144. The molecule has 88 valence electrons. The van der Waals surface area contributed by atoms with Crippen LogP contribution in [-0.4, -0.2) is 34.3 Å². The molecule has 1 aliphatic heterocycles. The van der Waals surface area contributed by atoms with Gasteiger partial charge < -0.3 is 0 Å². The largest absolute Gasteiger partial charge is 0.278 e. The number of benzene rings is 1. The minimum atomic E-state index is -0.0761. The molecule has 0 atom stereocenters. The number of hydroxylamine groups is 2. The van der Waals surface area contributed by atoms with Crippen LogP contribution in [0.4, 0.5) is 0 Å². The Morgan fingerprint density at radius 3 is 3.18 bits per heavy atom. The number of carbonyl (C=O) groups excluding carboxylic acids is 1. The summed E-state index contributed by atoms with van der Waals surface area (Å²) in [6, 6.07) is 5.49. The Morgan fingerprint density at radius 2 is 2.35 bits per heavy atom. The van der Waals surface area contributed by atoms with Crippen molar-refractivity contribution in [3.8, 4) is 0 Å². The van der Waals surface area contributed by atoms with E-state index in [0.29, 0.717) is 18.7 Å². The van der Waals surface area contributed by atoms with Crippen LogP contribution in [0.5, 0.6) is 0 Å². The van der Waals surface area contributed by atoms with E-state index in [9.17, 15) is 4.79 Å². The van der Waals surface area contributed by atoms with E-state index in [4.69, 9.17) is 4.84 Å². The van der Waals surface area contributed by atoms with E-state index in [1.54, 1.807) is 12.3 Å². The molecule has 0 aliphatic carbocycles. The summed E-state index contributed by atoms with van der Waals surface area (Å²) >= 11 is 0. The Labute approximate surface area is 98.3 Å². The second-order valence-corrected chi connectivity index (χ2v) is 4.12. The molecular weight excluding hydrogens is 218 g/mol. The molecule has 5 nitrogen and oxygen atoms in total. The molecule has 1 fully saturated rings. The van der Waals surface area contributed by atoms with Crippen molar-refractivity contribution in [1.29, 1.82) is 0 Å². The van der Waals surface area contributed by atoms with Gasteiger partial charge in [-0.05, 0) is 31.0 Å². The zero-order valence-electron chi connectivity index (χ0n) is 9.35. The lowest BCUT2D eigenvalue weighted by Crippen LogP contribution is -2.35. The number of carbonyl (C=O) groups is 1. The van der Waals surface area contributed by atoms with Gasteiger partial charge in [-0.25, -0.2) is 5.06 Å². The SMILES string of the molecule is O=C(c1ccc2[nH]ncc2c1)N1CCCCO1. The lowest BCUT2D eigenvalue weighted by atomic mass is 10.1. The fourth-order valence-corrected chi connectivity index (χ4v) is 1.98. The standard InChI is InChI=1S/C12H13N3O2/c16-12(15-5-1-2-6-17-15)9-3-4-11-10(7-9)8-13-14-11/h3-4,7-8H,1-2,5-6H2,(H,13,14). The van der Waals surface area contributed by atoms with Gasteiger partial charge in [-0.3, -0.25) is 14.7 Å². The van der Waals surface area contributed by atoms with Gasteiger partial charge in [0, 0.05) is 17.5 Å². The second kappa shape index (κ2) is 4.18. The maximum absolute atomic E-state index is 12.1. The van der Waals surface area contributed by atoms with Crippen LogP contribution in [0.2, 0.25) is 0 Å². The van der Waals surface area contributed by atoms with Gasteiger partial charge >= 0.3 is 0 Å². The molecule has 1 aliphatic rings. The number of hydrogen-bond donors (Lipinski definition) is 1. The predicted molar refractivity (Wildman–Crippen MR) is 62.3 cm³/mol. The quantitative estimate of drug-likeness (QED) is 0.813. The van der Waals surface area contributed by atoms with Crippen LogP contribution in [0.25, 0.3) is 10.9 Å². The van der Waals surface area contributed by atoms with Crippen LogP contribution in [0.15, 0.2) is 24.4 Å². The molecule has 0 unspecified atom stereocenters. The van der Waals surface area contributed by atoms with Gasteiger partial charge in [0.25, 0.3) is 5.91 Å². The van der Waals surface area contributed by atoms with E-state index in [-0.39, 0.29) is 5.91 Å². The van der Waals surface area contributed by atoms with E-state index < -0.39 is 0 Å². The van der Waals surface area contributed by atoms with Crippen LogP contribution in [0.3, 0.4) is 0 Å². The van der Waals surface area contributed by atoms with Gasteiger partial charge in [0.05, 0.1) is 18.3 Å². The van der Waals surface area contributed by atoms with Crippen molar-refractivity contribution in [3.05, 3.63) is 30.0 Å². The van der Waals surface area contributed by atoms with Crippen molar-refractivity contribution in [3.63, 3.8) is 0 Å². The molecule has 1 amide bonds. The second-order valence-electron chi connectivity index (χ2n) is 4.12. The molecule has 17 heavy (non-hydrogen) atoms. The Kier molecular flexibility index (Phi) is 2.53. The molecule has 1 aromatic heterocycles. The monoisotopic (exact) mass is 231 g/mol. The van der Waals surface area contributed by atoms with Crippen molar-refractivity contribution in [2.75, 3.05) is 13.2 Å². The topological polar surface area (TPSA) is 58.2 Å². The first kappa shape index (κ1) is 10.3. The number of fused-ring (bicyclic) bond motifs is 1. The van der Waals surface area contributed by atoms with E-state index in [0.717, 1.165) is 23.7 Å². The molecule has 2 heterocycles. The highest BCUT2D eigenvalue weighted by Crippen LogP contribution is 2.16. The van der Waals surface area contributed by atoms with E-state index in [1.807, 2.05) is 12.1 Å². The molecule has 1 saturated heterocycles. The van der Waals surface area contributed by atoms with Crippen LogP contribution >= 0.6 is 0 Å². The first-order valence-corrected chi connectivity index (χ1v) is 5.72. The third-order valence-corrected chi connectivity index (χ3v) is 2.92. The number of hydrogen-bond acceptors (Lipinski definition) is 3. The van der Waals surface area contributed by atoms with Gasteiger partial charge in [0.2, 0.25) is 0 Å². The molecule has 0 radical (unpaired) electrons. The number of rotatable bonds is 1. The normalized spacial score (nSPS) is 16.4. The minimum absolute atomic E-state index is 0.0761. The first-order chi connectivity index (χ1) is 8.34. The maximum Gasteiger partial charge on any atom is 0.277 e. The number of H-pyrrole nitrogens is 1. The molecule has 0 bridgehead atoms. The van der Waals surface area contributed by atoms with E-state index in [1.165, 1.54) is 5.06 Å². The summed E-state index contributed by atoms with van der Waals surface area (Å²) in [6.07, 6.45) is 3.73. The summed E-state index contributed by atoms with van der Waals surface area (Å²) in [5, 5.41) is 9.18. The highest BCUT2D eigenvalue weighted by Gasteiger charge is 2.19. The van der Waals surface area contributed by atoms with Crippen LogP contribution < -0.4 is 0 Å². The van der Waals surface area contributed by atoms with Crippen molar-refractivity contribution >= 4 is 16.8 Å². The van der Waals surface area contributed by atoms with Gasteiger partial charge in [-0.15, -0.1) is 0 Å². The average Bonchev–Trinajstić information content (AvgIpc) is 2.86. The molecule has 2 aromatic rings. The van der Waals surface area contributed by atoms with Crippen LogP contribution in [0.1, 0.15) is 23.2 Å². The molecule has 0 saturated carbocycles. The molecule has 3 rings (SSSR count). The maximum atomic E-state index is 12.1. The fraction of sp³-hybridized carbons (Fsp3) is 0.333. The Bertz CT molecular complexity index is 543. The Morgan fingerprint density at radius 1 is 1.41 bits per heavy atom. The highest BCUT2D eigenvalue weighted by atomic mass is 16.7. The Balaban J connectivity index is 1.88. The lowest BCUT2D eigenvalue weighted by Gasteiger charge is -2.25. The first-order valence-electron chi connectivity index (χ1n) is 5.72. The van der Waals surface area contributed by atoms with E-state index in [2.05, 4.69) is 10.2 Å². The molecule has 1 aromatic carbocycles. The highest BCUT2D eigenvalue weighted by molar-refractivity contribution is 5.97. The van der Waals surface area contributed by atoms with Crippen LogP contribution in [0, 0.1) is 0 Å². The van der Waals surface area contributed by atoms with Crippen molar-refractivity contribution < 1.29 is 9.63 Å². The van der Waals surface area contributed by atoms with Crippen molar-refractivity contribution in [2.24, 2.45) is 0 Å². The Hall–Kier alpha value is -1.88. The van der Waals surface area contributed by atoms with Crippen LogP contribution in [-0.2, 0) is 4.84 Å². The molecule has 5 heteroatoms. The third kappa shape index (κ3) is 1.89. The predicted octanol–water partition coefficient (Wildman–Crippen LogP) is 1.73.